The molecule has 0 atom stereocenters. The number of aromatic nitrogens is 1. The second-order valence-electron chi connectivity index (χ2n) is 5.40. The van der Waals surface area contributed by atoms with Crippen LogP contribution >= 0.6 is 0 Å². The van der Waals surface area contributed by atoms with Crippen LogP contribution in [0.2, 0.25) is 0 Å². The minimum atomic E-state index is 0.0835. The summed E-state index contributed by atoms with van der Waals surface area (Å²) in [6.07, 6.45) is 3.94. The lowest BCUT2D eigenvalue weighted by molar-refractivity contribution is -0.122. The molecule has 2 rings (SSSR count). The fourth-order valence-corrected chi connectivity index (χ4v) is 2.69. The van der Waals surface area contributed by atoms with Crippen molar-refractivity contribution < 1.29 is 4.79 Å². The zero-order valence-corrected chi connectivity index (χ0v) is 13.1. The summed E-state index contributed by atoms with van der Waals surface area (Å²) in [5.74, 6) is 0.0835. The number of amides is 1. The van der Waals surface area contributed by atoms with Crippen molar-refractivity contribution in [3.63, 3.8) is 0 Å². The number of benzene rings is 1. The monoisotopic (exact) mass is 287 g/mol. The van der Waals surface area contributed by atoms with Gasteiger partial charge in [-0.25, -0.2) is 0 Å². The van der Waals surface area contributed by atoms with Gasteiger partial charge < -0.3 is 15.2 Å². The number of hydrogen-bond acceptors (Lipinski definition) is 2. The van der Waals surface area contributed by atoms with E-state index in [0.29, 0.717) is 6.54 Å². The van der Waals surface area contributed by atoms with Crippen molar-refractivity contribution in [1.82, 2.24) is 15.2 Å². The van der Waals surface area contributed by atoms with E-state index in [9.17, 15) is 4.79 Å². The minimum absolute atomic E-state index is 0.0835. The van der Waals surface area contributed by atoms with Gasteiger partial charge >= 0.3 is 0 Å². The van der Waals surface area contributed by atoms with Crippen molar-refractivity contribution in [2.75, 3.05) is 7.05 Å². The molecular formula is C17H25N3O. The molecule has 0 saturated carbocycles. The summed E-state index contributed by atoms with van der Waals surface area (Å²) in [5, 5.41) is 7.48. The first-order chi connectivity index (χ1) is 10.2. The summed E-state index contributed by atoms with van der Waals surface area (Å²) in [7, 11) is 1.94. The highest BCUT2D eigenvalue weighted by Gasteiger charge is 2.11. The van der Waals surface area contributed by atoms with E-state index < -0.39 is 0 Å². The van der Waals surface area contributed by atoms with Gasteiger partial charge in [-0.3, -0.25) is 4.79 Å². The third-order valence-electron chi connectivity index (χ3n) is 3.94. The number of fused-ring (bicyclic) bond motifs is 1. The number of carbonyl (C=O) groups is 1. The third-order valence-corrected chi connectivity index (χ3v) is 3.94. The van der Waals surface area contributed by atoms with Crippen molar-refractivity contribution in [3.8, 4) is 0 Å². The van der Waals surface area contributed by atoms with Gasteiger partial charge in [-0.1, -0.05) is 26.0 Å². The van der Waals surface area contributed by atoms with Crippen molar-refractivity contribution in [3.05, 3.63) is 36.0 Å². The lowest BCUT2D eigenvalue weighted by Crippen LogP contribution is -2.36. The van der Waals surface area contributed by atoms with Crippen molar-refractivity contribution >= 4 is 16.8 Å². The van der Waals surface area contributed by atoms with Crippen LogP contribution in [0.4, 0.5) is 0 Å². The third kappa shape index (κ3) is 3.64. The second kappa shape index (κ2) is 7.27. The average Bonchev–Trinajstić information content (AvgIpc) is 2.89. The van der Waals surface area contributed by atoms with Crippen molar-refractivity contribution in [1.29, 1.82) is 0 Å². The van der Waals surface area contributed by atoms with Crippen LogP contribution in [0, 0.1) is 0 Å². The molecule has 0 bridgehead atoms. The Morgan fingerprint density at radius 1 is 1.24 bits per heavy atom. The van der Waals surface area contributed by atoms with Gasteiger partial charge in [0.25, 0.3) is 0 Å². The normalized spacial score (nSPS) is 11.2. The lowest BCUT2D eigenvalue weighted by Gasteiger charge is -2.15. The Morgan fingerprint density at radius 2 is 2.00 bits per heavy atom. The second-order valence-corrected chi connectivity index (χ2v) is 5.40. The molecule has 0 saturated heterocycles. The highest BCUT2D eigenvalue weighted by molar-refractivity contribution is 5.86. The van der Waals surface area contributed by atoms with Crippen LogP contribution in [0.1, 0.15) is 32.3 Å². The van der Waals surface area contributed by atoms with E-state index in [1.165, 1.54) is 10.9 Å². The molecule has 4 nitrogen and oxygen atoms in total. The molecule has 0 unspecified atom stereocenters. The maximum absolute atomic E-state index is 12.1. The van der Waals surface area contributed by atoms with Gasteiger partial charge in [0, 0.05) is 29.7 Å². The molecule has 2 aromatic rings. The maximum atomic E-state index is 12.1. The fourth-order valence-electron chi connectivity index (χ4n) is 2.69. The SMILES string of the molecule is CCC(CC)NC(=O)Cn1ccc2c(CNC)cccc21. The van der Waals surface area contributed by atoms with Gasteiger partial charge in [0.1, 0.15) is 6.54 Å². The fraction of sp³-hybridized carbons (Fsp3) is 0.471. The Kier molecular flexibility index (Phi) is 5.39. The molecular weight excluding hydrogens is 262 g/mol. The summed E-state index contributed by atoms with van der Waals surface area (Å²) in [4.78, 5) is 12.1. The number of rotatable bonds is 7. The van der Waals surface area contributed by atoms with Crippen LogP contribution in [0.25, 0.3) is 10.9 Å². The van der Waals surface area contributed by atoms with Gasteiger partial charge in [-0.2, -0.15) is 0 Å². The summed E-state index contributed by atoms with van der Waals surface area (Å²) in [6.45, 7) is 5.41. The van der Waals surface area contributed by atoms with Crippen LogP contribution < -0.4 is 10.6 Å². The predicted octanol–water partition coefficient (Wildman–Crippen LogP) is 2.67. The number of carbonyl (C=O) groups excluding carboxylic acids is 1. The van der Waals surface area contributed by atoms with Crippen LogP contribution in [-0.2, 0) is 17.9 Å². The highest BCUT2D eigenvalue weighted by atomic mass is 16.2. The Labute approximate surface area is 126 Å². The van der Waals surface area contributed by atoms with Crippen molar-refractivity contribution in [2.24, 2.45) is 0 Å². The molecule has 0 aliphatic heterocycles. The van der Waals surface area contributed by atoms with Crippen molar-refractivity contribution in [2.45, 2.75) is 45.8 Å². The Balaban J connectivity index is 2.16. The van der Waals surface area contributed by atoms with E-state index in [-0.39, 0.29) is 11.9 Å². The molecule has 0 radical (unpaired) electrons. The van der Waals surface area contributed by atoms with E-state index in [2.05, 4.69) is 42.7 Å². The molecule has 114 valence electrons. The van der Waals surface area contributed by atoms with E-state index in [1.54, 1.807) is 0 Å². The van der Waals surface area contributed by atoms with Crippen LogP contribution in [-0.4, -0.2) is 23.6 Å². The molecule has 1 heterocycles. The standard InChI is InChI=1S/C17H25N3O/c1-4-14(5-2)19-17(21)12-20-10-9-15-13(11-18-3)7-6-8-16(15)20/h6-10,14,18H,4-5,11-12H2,1-3H3,(H,19,21). The molecule has 0 aliphatic rings. The summed E-state index contributed by atoms with van der Waals surface area (Å²) in [6, 6.07) is 8.60. The van der Waals surface area contributed by atoms with Crippen LogP contribution in [0.5, 0.6) is 0 Å². The summed E-state index contributed by atoms with van der Waals surface area (Å²) < 4.78 is 2.02. The topological polar surface area (TPSA) is 46.1 Å². The summed E-state index contributed by atoms with van der Waals surface area (Å²) in [5.41, 5.74) is 2.37. The molecule has 1 aromatic carbocycles. The largest absolute Gasteiger partial charge is 0.352 e. The number of hydrogen-bond donors (Lipinski definition) is 2. The zero-order valence-electron chi connectivity index (χ0n) is 13.1. The number of nitrogens with zero attached hydrogens (tertiary/aromatic N) is 1. The maximum Gasteiger partial charge on any atom is 0.240 e. The van der Waals surface area contributed by atoms with Crippen LogP contribution in [0.3, 0.4) is 0 Å². The molecule has 4 heteroatoms. The molecule has 21 heavy (non-hydrogen) atoms. The molecule has 0 fully saturated rings. The first-order valence-electron chi connectivity index (χ1n) is 7.70. The Morgan fingerprint density at radius 3 is 2.67 bits per heavy atom. The number of nitrogens with one attached hydrogen (secondary N) is 2. The highest BCUT2D eigenvalue weighted by Crippen LogP contribution is 2.20. The van der Waals surface area contributed by atoms with E-state index in [0.717, 1.165) is 24.9 Å². The molecule has 1 amide bonds. The first kappa shape index (κ1) is 15.6. The first-order valence-corrected chi connectivity index (χ1v) is 7.70. The average molecular weight is 287 g/mol. The van der Waals surface area contributed by atoms with E-state index >= 15 is 0 Å². The minimum Gasteiger partial charge on any atom is -0.352 e. The predicted molar refractivity (Wildman–Crippen MR) is 87.2 cm³/mol. The Bertz CT molecular complexity index is 599. The molecule has 1 aromatic heterocycles. The van der Waals surface area contributed by atoms with Crippen LogP contribution in [0.15, 0.2) is 30.5 Å². The zero-order chi connectivity index (χ0) is 15.2. The molecule has 2 N–H and O–H groups in total. The van der Waals surface area contributed by atoms with Gasteiger partial charge in [-0.15, -0.1) is 0 Å². The quantitative estimate of drug-likeness (QED) is 0.822. The van der Waals surface area contributed by atoms with Gasteiger partial charge in [0.05, 0.1) is 0 Å². The smallest absolute Gasteiger partial charge is 0.240 e. The lowest BCUT2D eigenvalue weighted by atomic mass is 10.1. The summed E-state index contributed by atoms with van der Waals surface area (Å²) >= 11 is 0. The molecule has 0 aliphatic carbocycles. The van der Waals surface area contributed by atoms with Gasteiger partial charge in [0.15, 0.2) is 0 Å². The van der Waals surface area contributed by atoms with E-state index in [4.69, 9.17) is 0 Å². The molecule has 0 spiro atoms. The van der Waals surface area contributed by atoms with Gasteiger partial charge in [0.2, 0.25) is 5.91 Å². The van der Waals surface area contributed by atoms with Gasteiger partial charge in [-0.05, 0) is 37.6 Å². The Hall–Kier alpha value is -1.81. The van der Waals surface area contributed by atoms with E-state index in [1.807, 2.05) is 23.9 Å².